The lowest BCUT2D eigenvalue weighted by molar-refractivity contribution is 0.0967. The Kier molecular flexibility index (Phi) is 5.69. The molecule has 2 aromatic rings. The number of halogens is 3. The topological polar surface area (TPSA) is 88.9 Å². The summed E-state index contributed by atoms with van der Waals surface area (Å²) in [6.45, 7) is 5.63. The SMILES string of the molecule is Cc1cnn(C(C)C)c1NC(=O)NC(=O)c1cc(Cl)c(Cl)nc1Cl. The number of carbonyl (C=O) groups is 2. The molecule has 128 valence electrons. The number of hydrogen-bond acceptors (Lipinski definition) is 4. The number of anilines is 1. The molecule has 0 fully saturated rings. The lowest BCUT2D eigenvalue weighted by Gasteiger charge is -2.13. The van der Waals surface area contributed by atoms with Gasteiger partial charge in [-0.15, -0.1) is 0 Å². The van der Waals surface area contributed by atoms with Crippen LogP contribution in [-0.2, 0) is 0 Å². The zero-order valence-corrected chi connectivity index (χ0v) is 15.3. The Morgan fingerprint density at radius 1 is 1.21 bits per heavy atom. The Hall–Kier alpha value is -1.83. The number of amides is 3. The van der Waals surface area contributed by atoms with Gasteiger partial charge in [0, 0.05) is 11.6 Å². The summed E-state index contributed by atoms with van der Waals surface area (Å²) in [6, 6.07) is 0.553. The predicted molar refractivity (Wildman–Crippen MR) is 93.1 cm³/mol. The highest BCUT2D eigenvalue weighted by Gasteiger charge is 2.19. The normalized spacial score (nSPS) is 10.8. The number of aromatic nitrogens is 3. The average Bonchev–Trinajstić information content (AvgIpc) is 2.84. The maximum atomic E-state index is 12.2. The van der Waals surface area contributed by atoms with E-state index in [0.717, 1.165) is 5.56 Å². The molecule has 0 aliphatic heterocycles. The van der Waals surface area contributed by atoms with E-state index in [1.165, 1.54) is 6.07 Å². The molecule has 0 saturated heterocycles. The van der Waals surface area contributed by atoms with Crippen LogP contribution in [0, 0.1) is 6.92 Å². The number of aryl methyl sites for hydroxylation is 1. The highest BCUT2D eigenvalue weighted by atomic mass is 35.5. The van der Waals surface area contributed by atoms with Crippen LogP contribution in [0.4, 0.5) is 10.6 Å². The number of hydrogen-bond donors (Lipinski definition) is 2. The Morgan fingerprint density at radius 3 is 2.50 bits per heavy atom. The second-order valence-corrected chi connectivity index (χ2v) is 6.35. The molecule has 2 rings (SSSR count). The first-order chi connectivity index (χ1) is 11.2. The van der Waals surface area contributed by atoms with E-state index < -0.39 is 11.9 Å². The minimum Gasteiger partial charge on any atom is -0.292 e. The van der Waals surface area contributed by atoms with E-state index in [1.54, 1.807) is 17.8 Å². The van der Waals surface area contributed by atoms with Crippen molar-refractivity contribution in [2.75, 3.05) is 5.32 Å². The van der Waals surface area contributed by atoms with Crippen molar-refractivity contribution in [3.63, 3.8) is 0 Å². The number of urea groups is 1. The van der Waals surface area contributed by atoms with Crippen LogP contribution in [0.5, 0.6) is 0 Å². The van der Waals surface area contributed by atoms with Crippen molar-refractivity contribution in [1.82, 2.24) is 20.1 Å². The number of carbonyl (C=O) groups excluding carboxylic acids is 2. The van der Waals surface area contributed by atoms with E-state index in [9.17, 15) is 9.59 Å². The molecule has 0 aliphatic carbocycles. The van der Waals surface area contributed by atoms with Crippen molar-refractivity contribution in [1.29, 1.82) is 0 Å². The highest BCUT2D eigenvalue weighted by molar-refractivity contribution is 6.42. The van der Waals surface area contributed by atoms with Crippen molar-refractivity contribution in [2.24, 2.45) is 0 Å². The van der Waals surface area contributed by atoms with E-state index >= 15 is 0 Å². The van der Waals surface area contributed by atoms with E-state index in [-0.39, 0.29) is 26.9 Å². The Bertz CT molecular complexity index is 804. The molecule has 0 spiro atoms. The Balaban J connectivity index is 2.15. The molecule has 3 amide bonds. The summed E-state index contributed by atoms with van der Waals surface area (Å²) >= 11 is 17.4. The van der Waals surface area contributed by atoms with Gasteiger partial charge in [-0.05, 0) is 26.8 Å². The molecule has 0 saturated carbocycles. The van der Waals surface area contributed by atoms with E-state index in [1.807, 2.05) is 13.8 Å². The quantitative estimate of drug-likeness (QED) is 0.773. The van der Waals surface area contributed by atoms with Gasteiger partial charge in [-0.2, -0.15) is 5.10 Å². The van der Waals surface area contributed by atoms with E-state index in [4.69, 9.17) is 34.8 Å². The van der Waals surface area contributed by atoms with Crippen LogP contribution in [0.3, 0.4) is 0 Å². The van der Waals surface area contributed by atoms with Gasteiger partial charge in [0.1, 0.15) is 16.1 Å². The third-order valence-corrected chi connectivity index (χ3v) is 4.02. The van der Waals surface area contributed by atoms with Gasteiger partial charge >= 0.3 is 6.03 Å². The molecule has 7 nitrogen and oxygen atoms in total. The summed E-state index contributed by atoms with van der Waals surface area (Å²) in [5.74, 6) is -0.259. The molecule has 24 heavy (non-hydrogen) atoms. The van der Waals surface area contributed by atoms with Crippen molar-refractivity contribution in [2.45, 2.75) is 26.8 Å². The maximum Gasteiger partial charge on any atom is 0.327 e. The monoisotopic (exact) mass is 389 g/mol. The Morgan fingerprint density at radius 2 is 1.88 bits per heavy atom. The van der Waals surface area contributed by atoms with Crippen molar-refractivity contribution in [3.8, 4) is 0 Å². The third-order valence-electron chi connectivity index (χ3n) is 3.06. The molecule has 2 N–H and O–H groups in total. The zero-order valence-electron chi connectivity index (χ0n) is 13.0. The van der Waals surface area contributed by atoms with E-state index in [0.29, 0.717) is 5.82 Å². The summed E-state index contributed by atoms with van der Waals surface area (Å²) < 4.78 is 1.63. The van der Waals surface area contributed by atoms with Crippen molar-refractivity contribution in [3.05, 3.63) is 38.7 Å². The van der Waals surface area contributed by atoms with Crippen molar-refractivity contribution < 1.29 is 9.59 Å². The largest absolute Gasteiger partial charge is 0.327 e. The number of pyridine rings is 1. The first-order valence-electron chi connectivity index (χ1n) is 6.88. The van der Waals surface area contributed by atoms with E-state index in [2.05, 4.69) is 20.7 Å². The van der Waals surface area contributed by atoms with Crippen LogP contribution in [-0.4, -0.2) is 26.7 Å². The maximum absolute atomic E-state index is 12.2. The minimum atomic E-state index is -0.753. The summed E-state index contributed by atoms with van der Waals surface area (Å²) in [5.41, 5.74) is 0.704. The van der Waals surface area contributed by atoms with Gasteiger partial charge in [-0.1, -0.05) is 34.8 Å². The smallest absolute Gasteiger partial charge is 0.292 e. The molecule has 0 radical (unpaired) electrons. The molecule has 0 unspecified atom stereocenters. The molecule has 0 aromatic carbocycles. The van der Waals surface area contributed by atoms with Gasteiger partial charge in [-0.25, -0.2) is 14.5 Å². The number of rotatable bonds is 3. The molecule has 2 heterocycles. The lowest BCUT2D eigenvalue weighted by Crippen LogP contribution is -2.35. The summed E-state index contributed by atoms with van der Waals surface area (Å²) in [7, 11) is 0. The highest BCUT2D eigenvalue weighted by Crippen LogP contribution is 2.25. The fraction of sp³-hybridized carbons (Fsp3) is 0.286. The van der Waals surface area contributed by atoms with Crippen LogP contribution in [0.1, 0.15) is 35.8 Å². The zero-order chi connectivity index (χ0) is 18.0. The number of nitrogens with zero attached hydrogens (tertiary/aromatic N) is 3. The lowest BCUT2D eigenvalue weighted by atomic mass is 10.2. The second-order valence-electron chi connectivity index (χ2n) is 5.22. The number of nitrogens with one attached hydrogen (secondary N) is 2. The van der Waals surface area contributed by atoms with Crippen LogP contribution < -0.4 is 10.6 Å². The molecule has 0 bridgehead atoms. The van der Waals surface area contributed by atoms with Crippen LogP contribution in [0.25, 0.3) is 0 Å². The first kappa shape index (κ1) is 18.5. The van der Waals surface area contributed by atoms with Crippen LogP contribution in [0.15, 0.2) is 12.3 Å². The second kappa shape index (κ2) is 7.38. The van der Waals surface area contributed by atoms with Gasteiger partial charge < -0.3 is 0 Å². The van der Waals surface area contributed by atoms with Gasteiger partial charge in [0.2, 0.25) is 0 Å². The molecular weight excluding hydrogens is 377 g/mol. The van der Waals surface area contributed by atoms with Gasteiger partial charge in [0.05, 0.1) is 16.8 Å². The summed E-state index contributed by atoms with van der Waals surface area (Å²) in [4.78, 5) is 27.9. The fourth-order valence-corrected chi connectivity index (χ4v) is 2.47. The molecular formula is C14H14Cl3N5O2. The van der Waals surface area contributed by atoms with Gasteiger partial charge in [-0.3, -0.25) is 15.4 Å². The Labute approximate surface area is 153 Å². The summed E-state index contributed by atoms with van der Waals surface area (Å²) in [6.07, 6.45) is 1.62. The van der Waals surface area contributed by atoms with Crippen molar-refractivity contribution >= 4 is 52.6 Å². The molecule has 0 atom stereocenters. The standard InChI is InChI=1S/C14H14Cl3N5O2/c1-6(2)22-12(7(3)5-18-22)20-14(24)21-13(23)8-4-9(15)11(17)19-10(8)16/h4-6H,1-3H3,(H2,20,21,23,24). The average molecular weight is 391 g/mol. The minimum absolute atomic E-state index is 0.0286. The third kappa shape index (κ3) is 3.98. The van der Waals surface area contributed by atoms with Gasteiger partial charge in [0.25, 0.3) is 5.91 Å². The first-order valence-corrected chi connectivity index (χ1v) is 8.02. The molecule has 0 aliphatic rings. The molecule has 2 aromatic heterocycles. The van der Waals surface area contributed by atoms with Crippen LogP contribution >= 0.6 is 34.8 Å². The van der Waals surface area contributed by atoms with Crippen LogP contribution in [0.2, 0.25) is 15.3 Å². The predicted octanol–water partition coefficient (Wildman–Crippen LogP) is 4.09. The summed E-state index contributed by atoms with van der Waals surface area (Å²) in [5, 5.41) is 8.79. The number of imide groups is 1. The fourth-order valence-electron chi connectivity index (χ4n) is 1.91. The van der Waals surface area contributed by atoms with Gasteiger partial charge in [0.15, 0.2) is 0 Å². The molecule has 10 heteroatoms.